The molecule has 0 saturated heterocycles. The Balaban J connectivity index is 2.06. The average molecular weight is 276 g/mol. The molecule has 0 amide bonds. The third-order valence-electron chi connectivity index (χ3n) is 4.38. The first-order valence-electron chi connectivity index (χ1n) is 6.78. The molecule has 0 aromatic carbocycles. The minimum Gasteiger partial charge on any atom is -0.465 e. The highest BCUT2D eigenvalue weighted by molar-refractivity contribution is 5.73. The van der Waals surface area contributed by atoms with Crippen molar-refractivity contribution in [2.45, 2.75) is 40.5 Å². The Labute approximate surface area is 118 Å². The van der Waals surface area contributed by atoms with Crippen molar-refractivity contribution >= 4 is 5.97 Å². The fourth-order valence-corrected chi connectivity index (χ4v) is 2.52. The number of ether oxygens (including phenoxy) is 1. The molecule has 108 valence electrons. The average Bonchev–Trinajstić information content (AvgIpc) is 2.61. The predicted molar refractivity (Wildman–Crippen MR) is 75.6 cm³/mol. The second-order valence-corrected chi connectivity index (χ2v) is 5.89. The molecule has 1 aliphatic carbocycles. The van der Waals surface area contributed by atoms with Gasteiger partial charge in [0.15, 0.2) is 0 Å². The van der Waals surface area contributed by atoms with Crippen LogP contribution < -0.4 is 10.2 Å². The molecule has 0 bridgehead atoms. The number of hydrogen-bond acceptors (Lipinski definition) is 4. The molecule has 0 spiro atoms. The number of carbonyl (C=O) groups excluding carboxylic acids is 1. The minimum absolute atomic E-state index is 0.00187. The van der Waals surface area contributed by atoms with Gasteiger partial charge in [-0.15, -0.1) is 0 Å². The van der Waals surface area contributed by atoms with E-state index in [-0.39, 0.29) is 28.5 Å². The zero-order valence-electron chi connectivity index (χ0n) is 12.4. The lowest BCUT2D eigenvalue weighted by atomic mass is 9.76. The normalized spacial score (nSPS) is 20.6. The van der Waals surface area contributed by atoms with E-state index in [1.54, 1.807) is 6.92 Å². The van der Waals surface area contributed by atoms with Gasteiger partial charge in [0.05, 0.1) is 6.26 Å². The molecule has 0 N–H and O–H groups in total. The maximum atomic E-state index is 12.0. The van der Waals surface area contributed by atoms with Crippen LogP contribution in [-0.4, -0.2) is 5.97 Å². The SMILES string of the molecule is CC1=CC[C@@H](CC(=O)Oc2c(C)occc2=O)C1(C)C. The second kappa shape index (κ2) is 5.27. The first-order valence-corrected chi connectivity index (χ1v) is 6.78. The Morgan fingerprint density at radius 3 is 2.70 bits per heavy atom. The van der Waals surface area contributed by atoms with Crippen molar-refractivity contribution in [3.05, 3.63) is 40.0 Å². The van der Waals surface area contributed by atoms with E-state index in [0.29, 0.717) is 12.2 Å². The van der Waals surface area contributed by atoms with E-state index in [9.17, 15) is 9.59 Å². The first kappa shape index (κ1) is 14.6. The number of esters is 1. The van der Waals surface area contributed by atoms with E-state index < -0.39 is 0 Å². The molecule has 1 aromatic rings. The highest BCUT2D eigenvalue weighted by atomic mass is 16.5. The lowest BCUT2D eigenvalue weighted by Gasteiger charge is -2.28. The molecule has 0 aliphatic heterocycles. The van der Waals surface area contributed by atoms with Crippen molar-refractivity contribution in [2.75, 3.05) is 0 Å². The van der Waals surface area contributed by atoms with E-state index in [1.165, 1.54) is 17.9 Å². The molecule has 1 aromatic heterocycles. The highest BCUT2D eigenvalue weighted by Gasteiger charge is 2.36. The second-order valence-electron chi connectivity index (χ2n) is 5.89. The molecule has 4 heteroatoms. The molecule has 20 heavy (non-hydrogen) atoms. The summed E-state index contributed by atoms with van der Waals surface area (Å²) in [7, 11) is 0. The van der Waals surface area contributed by atoms with Crippen LogP contribution in [0.5, 0.6) is 5.75 Å². The van der Waals surface area contributed by atoms with Crippen molar-refractivity contribution in [2.24, 2.45) is 11.3 Å². The third-order valence-corrected chi connectivity index (χ3v) is 4.38. The lowest BCUT2D eigenvalue weighted by Crippen LogP contribution is -2.26. The van der Waals surface area contributed by atoms with Gasteiger partial charge in [0, 0.05) is 12.5 Å². The van der Waals surface area contributed by atoms with Crippen LogP contribution in [0.25, 0.3) is 0 Å². The van der Waals surface area contributed by atoms with Crippen LogP contribution in [0.1, 0.15) is 39.4 Å². The lowest BCUT2D eigenvalue weighted by molar-refractivity contribution is -0.136. The van der Waals surface area contributed by atoms with Crippen molar-refractivity contribution in [1.29, 1.82) is 0 Å². The zero-order chi connectivity index (χ0) is 14.9. The van der Waals surface area contributed by atoms with Crippen molar-refractivity contribution in [3.8, 4) is 5.75 Å². The van der Waals surface area contributed by atoms with Crippen molar-refractivity contribution < 1.29 is 13.9 Å². The van der Waals surface area contributed by atoms with Gasteiger partial charge in [-0.25, -0.2) is 0 Å². The van der Waals surface area contributed by atoms with Crippen LogP contribution in [0.15, 0.2) is 33.2 Å². The van der Waals surface area contributed by atoms with E-state index in [4.69, 9.17) is 9.15 Å². The molecule has 4 nitrogen and oxygen atoms in total. The summed E-state index contributed by atoms with van der Waals surface area (Å²) in [5, 5.41) is 0. The molecule has 0 unspecified atom stereocenters. The Morgan fingerprint density at radius 2 is 2.15 bits per heavy atom. The quantitative estimate of drug-likeness (QED) is 0.628. The van der Waals surface area contributed by atoms with Crippen LogP contribution >= 0.6 is 0 Å². The van der Waals surface area contributed by atoms with Gasteiger partial charge in [-0.3, -0.25) is 9.59 Å². The van der Waals surface area contributed by atoms with Crippen molar-refractivity contribution in [1.82, 2.24) is 0 Å². The summed E-state index contributed by atoms with van der Waals surface area (Å²) in [5.41, 5.74) is 0.961. The number of allylic oxidation sites excluding steroid dienone is 2. The van der Waals surface area contributed by atoms with Gasteiger partial charge in [-0.1, -0.05) is 25.5 Å². The molecule has 0 radical (unpaired) electrons. The summed E-state index contributed by atoms with van der Waals surface area (Å²) in [6, 6.07) is 1.25. The molecule has 1 aliphatic rings. The van der Waals surface area contributed by atoms with Crippen LogP contribution in [-0.2, 0) is 4.79 Å². The minimum atomic E-state index is -0.382. The van der Waals surface area contributed by atoms with Gasteiger partial charge in [-0.05, 0) is 31.6 Å². The standard InChI is InChI=1S/C16H20O4/c1-10-5-6-12(16(10,3)4)9-14(18)20-15-11(2)19-8-7-13(15)17/h5,7-8,12H,6,9H2,1-4H3/t12-/m0/s1. The van der Waals surface area contributed by atoms with Crippen LogP contribution in [0, 0.1) is 18.3 Å². The fraction of sp³-hybridized carbons (Fsp3) is 0.500. The van der Waals surface area contributed by atoms with Crippen molar-refractivity contribution in [3.63, 3.8) is 0 Å². The van der Waals surface area contributed by atoms with Crippen LogP contribution in [0.3, 0.4) is 0 Å². The fourth-order valence-electron chi connectivity index (χ4n) is 2.52. The number of rotatable bonds is 3. The summed E-state index contributed by atoms with van der Waals surface area (Å²) in [5.74, 6) is 0.155. The van der Waals surface area contributed by atoms with Crippen LogP contribution in [0.4, 0.5) is 0 Å². The van der Waals surface area contributed by atoms with Gasteiger partial charge in [-0.2, -0.15) is 0 Å². The Morgan fingerprint density at radius 1 is 1.45 bits per heavy atom. The molecule has 1 atom stereocenters. The first-order chi connectivity index (χ1) is 9.32. The smallest absolute Gasteiger partial charge is 0.311 e. The maximum absolute atomic E-state index is 12.0. The molecule has 2 rings (SSSR count). The van der Waals surface area contributed by atoms with Gasteiger partial charge in [0.1, 0.15) is 5.76 Å². The van der Waals surface area contributed by atoms with Gasteiger partial charge >= 0.3 is 5.97 Å². The summed E-state index contributed by atoms with van der Waals surface area (Å²) in [6.45, 7) is 7.95. The summed E-state index contributed by atoms with van der Waals surface area (Å²) in [6.07, 6.45) is 4.63. The van der Waals surface area contributed by atoms with E-state index in [0.717, 1.165) is 6.42 Å². The molecule has 0 saturated carbocycles. The summed E-state index contributed by atoms with van der Waals surface area (Å²) >= 11 is 0. The third kappa shape index (κ3) is 2.69. The largest absolute Gasteiger partial charge is 0.465 e. The topological polar surface area (TPSA) is 56.5 Å². The molecule has 1 heterocycles. The monoisotopic (exact) mass is 276 g/mol. The van der Waals surface area contributed by atoms with E-state index in [1.807, 2.05) is 0 Å². The van der Waals surface area contributed by atoms with Gasteiger partial charge < -0.3 is 9.15 Å². The van der Waals surface area contributed by atoms with Gasteiger partial charge in [0.25, 0.3) is 0 Å². The maximum Gasteiger partial charge on any atom is 0.311 e. The Bertz CT molecular complexity index is 607. The highest BCUT2D eigenvalue weighted by Crippen LogP contribution is 2.44. The summed E-state index contributed by atoms with van der Waals surface area (Å²) in [4.78, 5) is 23.7. The Hall–Kier alpha value is -1.84. The van der Waals surface area contributed by atoms with E-state index >= 15 is 0 Å². The predicted octanol–water partition coefficient (Wildman–Crippen LogP) is 3.24. The molecule has 0 fully saturated rings. The molecular weight excluding hydrogens is 256 g/mol. The Kier molecular flexibility index (Phi) is 3.84. The van der Waals surface area contributed by atoms with Gasteiger partial charge in [0.2, 0.25) is 11.2 Å². The number of hydrogen-bond donors (Lipinski definition) is 0. The number of carbonyl (C=O) groups is 1. The summed E-state index contributed by atoms with van der Waals surface area (Å²) < 4.78 is 10.3. The zero-order valence-corrected chi connectivity index (χ0v) is 12.4. The number of aryl methyl sites for hydroxylation is 1. The van der Waals surface area contributed by atoms with E-state index in [2.05, 4.69) is 26.8 Å². The van der Waals surface area contributed by atoms with Crippen LogP contribution in [0.2, 0.25) is 0 Å². The molecular formula is C16H20O4.